The highest BCUT2D eigenvalue weighted by Crippen LogP contribution is 2.18. The van der Waals surface area contributed by atoms with Crippen molar-refractivity contribution in [1.29, 1.82) is 0 Å². The number of nitrogens with zero attached hydrogens (tertiary/aromatic N) is 2. The molecule has 0 saturated carbocycles. The summed E-state index contributed by atoms with van der Waals surface area (Å²) >= 11 is 0. The Hall–Kier alpha value is -2.10. The number of anilines is 1. The van der Waals surface area contributed by atoms with Gasteiger partial charge in [-0.15, -0.1) is 0 Å². The summed E-state index contributed by atoms with van der Waals surface area (Å²) in [5, 5.41) is 0. The normalized spacial score (nSPS) is 14.3. The van der Waals surface area contributed by atoms with Crippen molar-refractivity contribution in [2.75, 3.05) is 11.4 Å². The lowest BCUT2D eigenvalue weighted by Gasteiger charge is -2.20. The zero-order valence-corrected chi connectivity index (χ0v) is 8.13. The Morgan fingerprint density at radius 2 is 2.33 bits per heavy atom. The number of aromatic nitrogens is 1. The number of rotatable bonds is 2. The van der Waals surface area contributed by atoms with Crippen LogP contribution >= 0.6 is 0 Å². The van der Waals surface area contributed by atoms with Crippen LogP contribution in [-0.2, 0) is 0 Å². The summed E-state index contributed by atoms with van der Waals surface area (Å²) in [6.07, 6.45) is 9.34. The Bertz CT molecular complexity index is 437. The van der Waals surface area contributed by atoms with Gasteiger partial charge in [0.05, 0.1) is 5.56 Å². The molecule has 76 valence electrons. The second kappa shape index (κ2) is 3.96. The van der Waals surface area contributed by atoms with Crippen molar-refractivity contribution in [3.05, 3.63) is 48.3 Å². The lowest BCUT2D eigenvalue weighted by molar-refractivity contribution is 0.100. The summed E-state index contributed by atoms with van der Waals surface area (Å²) in [4.78, 5) is 17.2. The Morgan fingerprint density at radius 3 is 3.00 bits per heavy atom. The molecule has 1 aliphatic rings. The molecule has 2 N–H and O–H groups in total. The highest BCUT2D eigenvalue weighted by molar-refractivity contribution is 5.97. The van der Waals surface area contributed by atoms with E-state index < -0.39 is 5.91 Å². The third-order valence-electron chi connectivity index (χ3n) is 2.14. The first-order valence-corrected chi connectivity index (χ1v) is 4.64. The number of amides is 1. The second-order valence-electron chi connectivity index (χ2n) is 3.16. The van der Waals surface area contributed by atoms with Gasteiger partial charge < -0.3 is 10.6 Å². The van der Waals surface area contributed by atoms with Crippen LogP contribution in [0.1, 0.15) is 10.4 Å². The lowest BCUT2D eigenvalue weighted by Crippen LogP contribution is -2.23. The van der Waals surface area contributed by atoms with Crippen molar-refractivity contribution in [2.45, 2.75) is 0 Å². The van der Waals surface area contributed by atoms with E-state index in [9.17, 15) is 4.79 Å². The minimum absolute atomic E-state index is 0.442. The molecule has 0 bridgehead atoms. The number of primary amides is 1. The van der Waals surface area contributed by atoms with E-state index in [1.54, 1.807) is 18.3 Å². The first kappa shape index (κ1) is 9.45. The molecule has 2 rings (SSSR count). The summed E-state index contributed by atoms with van der Waals surface area (Å²) in [5.74, 6) is 0.145. The molecule has 0 aliphatic carbocycles. The Morgan fingerprint density at radius 1 is 1.47 bits per heavy atom. The zero-order valence-electron chi connectivity index (χ0n) is 8.13. The molecule has 0 atom stereocenters. The molecule has 0 aromatic carbocycles. The van der Waals surface area contributed by atoms with Crippen molar-refractivity contribution < 1.29 is 4.79 Å². The van der Waals surface area contributed by atoms with Crippen molar-refractivity contribution in [1.82, 2.24) is 4.98 Å². The van der Waals surface area contributed by atoms with Gasteiger partial charge in [0.25, 0.3) is 5.91 Å². The van der Waals surface area contributed by atoms with E-state index in [2.05, 4.69) is 4.98 Å². The number of hydrogen-bond donors (Lipinski definition) is 1. The van der Waals surface area contributed by atoms with E-state index in [4.69, 9.17) is 5.73 Å². The second-order valence-corrected chi connectivity index (χ2v) is 3.16. The van der Waals surface area contributed by atoms with Gasteiger partial charge in [-0.05, 0) is 18.2 Å². The maximum absolute atomic E-state index is 11.2. The maximum Gasteiger partial charge on any atom is 0.252 e. The van der Waals surface area contributed by atoms with Gasteiger partial charge >= 0.3 is 0 Å². The molecular formula is C11H11N3O. The molecule has 4 nitrogen and oxygen atoms in total. The van der Waals surface area contributed by atoms with Gasteiger partial charge in [0.2, 0.25) is 0 Å². The van der Waals surface area contributed by atoms with Crippen LogP contribution in [0.4, 0.5) is 5.82 Å². The number of nitrogens with two attached hydrogens (primary N) is 1. The van der Waals surface area contributed by atoms with Crippen LogP contribution in [0, 0.1) is 0 Å². The first-order chi connectivity index (χ1) is 7.29. The fourth-order valence-electron chi connectivity index (χ4n) is 1.44. The largest absolute Gasteiger partial charge is 0.365 e. The molecule has 1 amide bonds. The summed E-state index contributed by atoms with van der Waals surface area (Å²) in [6.45, 7) is 0.702. The SMILES string of the molecule is NC(=O)c1cccnc1N1C=CC=CC1. The first-order valence-electron chi connectivity index (χ1n) is 4.64. The fraction of sp³-hybridized carbons (Fsp3) is 0.0909. The van der Waals surface area contributed by atoms with Crippen molar-refractivity contribution in [3.63, 3.8) is 0 Å². The molecule has 0 spiro atoms. The summed E-state index contributed by atoms with van der Waals surface area (Å²) < 4.78 is 0. The summed E-state index contributed by atoms with van der Waals surface area (Å²) in [7, 11) is 0. The monoisotopic (exact) mass is 201 g/mol. The molecule has 1 aromatic rings. The highest BCUT2D eigenvalue weighted by atomic mass is 16.1. The van der Waals surface area contributed by atoms with Crippen LogP contribution in [0.2, 0.25) is 0 Å². The van der Waals surface area contributed by atoms with Gasteiger partial charge in [0, 0.05) is 18.9 Å². The number of carbonyl (C=O) groups is 1. The molecule has 4 heteroatoms. The molecular weight excluding hydrogens is 190 g/mol. The molecule has 2 heterocycles. The van der Waals surface area contributed by atoms with E-state index in [-0.39, 0.29) is 0 Å². The van der Waals surface area contributed by atoms with E-state index in [1.807, 2.05) is 29.3 Å². The summed E-state index contributed by atoms with van der Waals surface area (Å²) in [6, 6.07) is 3.38. The predicted molar refractivity (Wildman–Crippen MR) is 58.4 cm³/mol. The van der Waals surface area contributed by atoms with Gasteiger partial charge in [-0.1, -0.05) is 12.2 Å². The van der Waals surface area contributed by atoms with Crippen LogP contribution in [-0.4, -0.2) is 17.4 Å². The van der Waals surface area contributed by atoms with Crippen molar-refractivity contribution >= 4 is 11.7 Å². The van der Waals surface area contributed by atoms with Crippen LogP contribution in [0.25, 0.3) is 0 Å². The number of pyridine rings is 1. The van der Waals surface area contributed by atoms with E-state index in [1.165, 1.54) is 0 Å². The van der Waals surface area contributed by atoms with Crippen molar-refractivity contribution in [3.8, 4) is 0 Å². The number of hydrogen-bond acceptors (Lipinski definition) is 3. The zero-order chi connectivity index (χ0) is 10.7. The Balaban J connectivity index is 2.39. The van der Waals surface area contributed by atoms with E-state index in [0.29, 0.717) is 17.9 Å². The molecule has 0 fully saturated rings. The lowest BCUT2D eigenvalue weighted by atomic mass is 10.2. The van der Waals surface area contributed by atoms with Crippen LogP contribution < -0.4 is 10.6 Å². The van der Waals surface area contributed by atoms with Gasteiger partial charge in [0.1, 0.15) is 5.82 Å². The average molecular weight is 201 g/mol. The van der Waals surface area contributed by atoms with Crippen molar-refractivity contribution in [2.24, 2.45) is 5.73 Å². The van der Waals surface area contributed by atoms with Crippen LogP contribution in [0.15, 0.2) is 42.8 Å². The molecule has 1 aliphatic heterocycles. The average Bonchev–Trinajstić information content (AvgIpc) is 2.30. The smallest absolute Gasteiger partial charge is 0.252 e. The molecule has 0 unspecified atom stereocenters. The molecule has 0 radical (unpaired) electrons. The van der Waals surface area contributed by atoms with Gasteiger partial charge in [-0.3, -0.25) is 4.79 Å². The van der Waals surface area contributed by atoms with Gasteiger partial charge in [0.15, 0.2) is 0 Å². The number of allylic oxidation sites excluding steroid dienone is 2. The number of carbonyl (C=O) groups excluding carboxylic acids is 1. The van der Waals surface area contributed by atoms with E-state index >= 15 is 0 Å². The molecule has 1 aromatic heterocycles. The maximum atomic E-state index is 11.2. The topological polar surface area (TPSA) is 59.2 Å². The highest BCUT2D eigenvalue weighted by Gasteiger charge is 2.13. The fourth-order valence-corrected chi connectivity index (χ4v) is 1.44. The van der Waals surface area contributed by atoms with Gasteiger partial charge in [-0.2, -0.15) is 0 Å². The standard InChI is InChI=1S/C11H11N3O/c12-10(15)9-5-4-6-13-11(9)14-7-2-1-3-8-14/h1-7H,8H2,(H2,12,15). The quantitative estimate of drug-likeness (QED) is 0.778. The minimum Gasteiger partial charge on any atom is -0.365 e. The van der Waals surface area contributed by atoms with E-state index in [0.717, 1.165) is 0 Å². The van der Waals surface area contributed by atoms with Crippen LogP contribution in [0.5, 0.6) is 0 Å². The minimum atomic E-state index is -0.457. The van der Waals surface area contributed by atoms with Gasteiger partial charge in [-0.25, -0.2) is 4.98 Å². The molecule has 15 heavy (non-hydrogen) atoms. The Kier molecular flexibility index (Phi) is 2.49. The third-order valence-corrected chi connectivity index (χ3v) is 2.14. The summed E-state index contributed by atoms with van der Waals surface area (Å²) in [5.41, 5.74) is 5.72. The van der Waals surface area contributed by atoms with Crippen LogP contribution in [0.3, 0.4) is 0 Å². The molecule has 0 saturated heterocycles. The third kappa shape index (κ3) is 1.88. The predicted octanol–water partition coefficient (Wildman–Crippen LogP) is 1.07. The Labute approximate surface area is 87.7 Å².